The zero-order valence-electron chi connectivity index (χ0n) is 18.9. The van der Waals surface area contributed by atoms with E-state index in [2.05, 4.69) is 10.6 Å². The van der Waals surface area contributed by atoms with Gasteiger partial charge < -0.3 is 10.6 Å². The van der Waals surface area contributed by atoms with E-state index in [1.165, 1.54) is 13.8 Å². The highest BCUT2D eigenvalue weighted by Gasteiger charge is 2.45. The first kappa shape index (κ1) is 28.9. The van der Waals surface area contributed by atoms with Crippen molar-refractivity contribution < 1.29 is 27.6 Å². The first-order valence-electron chi connectivity index (χ1n) is 10.7. The third-order valence-corrected chi connectivity index (χ3v) is 5.74. The molecule has 0 aliphatic rings. The molecule has 1 unspecified atom stereocenters. The Kier molecular flexibility index (Phi) is 10.4. The van der Waals surface area contributed by atoms with Gasteiger partial charge in [-0.25, -0.2) is 0 Å². The van der Waals surface area contributed by atoms with Crippen LogP contribution in [0.2, 0.25) is 15.1 Å². The summed E-state index contributed by atoms with van der Waals surface area (Å²) in [7, 11) is 0. The van der Waals surface area contributed by atoms with Gasteiger partial charge in [-0.2, -0.15) is 13.2 Å². The molecule has 0 aromatic heterocycles. The van der Waals surface area contributed by atoms with E-state index in [4.69, 9.17) is 34.8 Å². The van der Waals surface area contributed by atoms with Gasteiger partial charge >= 0.3 is 6.18 Å². The maximum absolute atomic E-state index is 13.0. The predicted octanol–water partition coefficient (Wildman–Crippen LogP) is 5.58. The molecular weight excluding hydrogens is 528 g/mol. The van der Waals surface area contributed by atoms with Crippen LogP contribution >= 0.6 is 34.8 Å². The Balaban J connectivity index is 2.19. The molecule has 0 bridgehead atoms. The number of nitrogens with one attached hydrogen (secondary N) is 2. The average Bonchev–Trinajstić information content (AvgIpc) is 2.73. The topological polar surface area (TPSA) is 75.3 Å². The highest BCUT2D eigenvalue weighted by molar-refractivity contribution is 6.34. The lowest BCUT2D eigenvalue weighted by Crippen LogP contribution is -2.56. The first-order chi connectivity index (χ1) is 16.3. The third kappa shape index (κ3) is 9.35. The minimum Gasteiger partial charge on any atom is -0.344 e. The Morgan fingerprint density at radius 1 is 0.886 bits per heavy atom. The summed E-state index contributed by atoms with van der Waals surface area (Å²) in [6.45, 7) is 2.77. The minimum atomic E-state index is -5.12. The summed E-state index contributed by atoms with van der Waals surface area (Å²) < 4.78 is 39.1. The summed E-state index contributed by atoms with van der Waals surface area (Å²) >= 11 is 17.9. The van der Waals surface area contributed by atoms with E-state index < -0.39 is 41.8 Å². The molecule has 0 heterocycles. The molecule has 2 aromatic carbocycles. The van der Waals surface area contributed by atoms with Crippen LogP contribution in [0.25, 0.3) is 0 Å². The molecule has 0 aliphatic carbocycles. The molecule has 0 saturated heterocycles. The summed E-state index contributed by atoms with van der Waals surface area (Å²) in [5, 5.41) is 5.91. The van der Waals surface area contributed by atoms with Crippen LogP contribution in [0.1, 0.15) is 31.4 Å². The Morgan fingerprint density at radius 2 is 1.49 bits per heavy atom. The fourth-order valence-electron chi connectivity index (χ4n) is 3.35. The smallest absolute Gasteiger partial charge is 0.344 e. The summed E-state index contributed by atoms with van der Waals surface area (Å²) in [6.07, 6.45) is -4.94. The molecule has 2 rings (SSSR count). The van der Waals surface area contributed by atoms with Gasteiger partial charge in [-0.3, -0.25) is 14.4 Å². The number of carbonyl (C=O) groups excluding carboxylic acids is 3. The molecule has 2 aromatic rings. The summed E-state index contributed by atoms with van der Waals surface area (Å²) in [5.74, 6) is -4.33. The van der Waals surface area contributed by atoms with Gasteiger partial charge in [-0.1, -0.05) is 60.8 Å². The van der Waals surface area contributed by atoms with Gasteiger partial charge in [0.25, 0.3) is 5.78 Å². The molecule has 190 valence electrons. The monoisotopic (exact) mass is 550 g/mol. The van der Waals surface area contributed by atoms with Crippen LogP contribution < -0.4 is 10.6 Å². The van der Waals surface area contributed by atoms with Crippen molar-refractivity contribution in [2.45, 2.75) is 51.4 Å². The van der Waals surface area contributed by atoms with Crippen molar-refractivity contribution in [2.24, 2.45) is 5.92 Å². The van der Waals surface area contributed by atoms with E-state index in [0.717, 1.165) is 0 Å². The molecule has 11 heteroatoms. The second kappa shape index (κ2) is 12.6. The second-order valence-electron chi connectivity index (χ2n) is 8.32. The van der Waals surface area contributed by atoms with Crippen LogP contribution in [-0.4, -0.2) is 35.9 Å². The minimum absolute atomic E-state index is 0.0366. The van der Waals surface area contributed by atoms with Crippen LogP contribution in [0.3, 0.4) is 0 Å². The van der Waals surface area contributed by atoms with Gasteiger partial charge in [0, 0.05) is 27.9 Å². The van der Waals surface area contributed by atoms with E-state index in [1.807, 2.05) is 0 Å². The van der Waals surface area contributed by atoms with Crippen LogP contribution in [-0.2, 0) is 27.2 Å². The van der Waals surface area contributed by atoms with Crippen molar-refractivity contribution in [3.8, 4) is 0 Å². The maximum Gasteiger partial charge on any atom is 0.452 e. The fraction of sp³-hybridized carbons (Fsp3) is 0.375. The number of amides is 2. The van der Waals surface area contributed by atoms with Gasteiger partial charge in [-0.15, -0.1) is 0 Å². The standard InChI is InChI=1S/C24H24Cl3F3N2O3/c1-13(2)21(22(34)24(28,29)30)32-23(35)19(11-14-4-3-5-16(25)8-14)31-20(33)7-6-15-9-17(26)12-18(27)10-15/h3-5,8-10,12-13,19,21H,6-7,11H2,1-2H3,(H,31,33)(H,32,35)/t19?,21-/m0/s1. The van der Waals surface area contributed by atoms with Crippen molar-refractivity contribution in [1.29, 1.82) is 0 Å². The van der Waals surface area contributed by atoms with Crippen LogP contribution in [0.4, 0.5) is 13.2 Å². The summed E-state index contributed by atoms with van der Waals surface area (Å²) in [6, 6.07) is 8.29. The molecule has 0 spiro atoms. The van der Waals surface area contributed by atoms with Crippen molar-refractivity contribution in [3.63, 3.8) is 0 Å². The lowest BCUT2D eigenvalue weighted by Gasteiger charge is -2.26. The Bertz CT molecular complexity index is 1060. The molecule has 2 amide bonds. The van der Waals surface area contributed by atoms with Crippen molar-refractivity contribution in [3.05, 3.63) is 68.7 Å². The van der Waals surface area contributed by atoms with Crippen LogP contribution in [0.5, 0.6) is 0 Å². The molecule has 0 radical (unpaired) electrons. The molecule has 2 N–H and O–H groups in total. The van der Waals surface area contributed by atoms with E-state index >= 15 is 0 Å². The number of aryl methyl sites for hydroxylation is 1. The Hall–Kier alpha value is -2.29. The van der Waals surface area contributed by atoms with Crippen molar-refractivity contribution >= 4 is 52.4 Å². The Labute approximate surface area is 216 Å². The molecule has 2 atom stereocenters. The predicted molar refractivity (Wildman–Crippen MR) is 130 cm³/mol. The summed E-state index contributed by atoms with van der Waals surface area (Å²) in [5.41, 5.74) is 1.27. The highest BCUT2D eigenvalue weighted by atomic mass is 35.5. The van der Waals surface area contributed by atoms with Crippen LogP contribution in [0.15, 0.2) is 42.5 Å². The van der Waals surface area contributed by atoms with Crippen LogP contribution in [0, 0.1) is 5.92 Å². The average molecular weight is 552 g/mol. The number of benzene rings is 2. The molecule has 0 aliphatic heterocycles. The molecule has 0 saturated carbocycles. The van der Waals surface area contributed by atoms with Gasteiger partial charge in [-0.05, 0) is 53.8 Å². The fourth-order valence-corrected chi connectivity index (χ4v) is 4.14. The maximum atomic E-state index is 13.0. The number of hydrogen-bond acceptors (Lipinski definition) is 3. The van der Waals surface area contributed by atoms with E-state index in [0.29, 0.717) is 26.2 Å². The summed E-state index contributed by atoms with van der Waals surface area (Å²) in [4.78, 5) is 37.4. The van der Waals surface area contributed by atoms with Crippen molar-refractivity contribution in [2.75, 3.05) is 0 Å². The van der Waals surface area contributed by atoms with Gasteiger partial charge in [0.2, 0.25) is 11.8 Å². The number of halogens is 6. The highest BCUT2D eigenvalue weighted by Crippen LogP contribution is 2.22. The lowest BCUT2D eigenvalue weighted by molar-refractivity contribution is -0.175. The number of ketones is 1. The van der Waals surface area contributed by atoms with E-state index in [-0.39, 0.29) is 19.3 Å². The lowest BCUT2D eigenvalue weighted by atomic mass is 9.98. The van der Waals surface area contributed by atoms with Gasteiger partial charge in [0.1, 0.15) is 6.04 Å². The number of rotatable bonds is 10. The number of hydrogen-bond donors (Lipinski definition) is 2. The van der Waals surface area contributed by atoms with E-state index in [1.54, 1.807) is 42.5 Å². The quantitative estimate of drug-likeness (QED) is 0.405. The third-order valence-electron chi connectivity index (χ3n) is 5.07. The Morgan fingerprint density at radius 3 is 2.03 bits per heavy atom. The number of alkyl halides is 3. The molecule has 5 nitrogen and oxygen atoms in total. The van der Waals surface area contributed by atoms with Gasteiger partial charge in [0.15, 0.2) is 0 Å². The first-order valence-corrected chi connectivity index (χ1v) is 11.8. The van der Waals surface area contributed by atoms with E-state index in [9.17, 15) is 27.6 Å². The van der Waals surface area contributed by atoms with Crippen molar-refractivity contribution in [1.82, 2.24) is 10.6 Å². The number of carbonyl (C=O) groups is 3. The molecular formula is C24H24Cl3F3N2O3. The second-order valence-corrected chi connectivity index (χ2v) is 9.63. The largest absolute Gasteiger partial charge is 0.452 e. The molecule has 35 heavy (non-hydrogen) atoms. The number of Topliss-reactive ketones (excluding diaryl/α,β-unsaturated/α-hetero) is 1. The molecule has 0 fully saturated rings. The zero-order valence-corrected chi connectivity index (χ0v) is 21.2. The van der Waals surface area contributed by atoms with Gasteiger partial charge in [0.05, 0.1) is 6.04 Å². The zero-order chi connectivity index (χ0) is 26.3. The normalized spacial score (nSPS) is 13.3. The SMILES string of the molecule is CC(C)[C@H](NC(=O)C(Cc1cccc(Cl)c1)NC(=O)CCc1cc(Cl)cc(Cl)c1)C(=O)C(F)(F)F.